The monoisotopic (exact) mass is 414 g/mol. The van der Waals surface area contributed by atoms with Gasteiger partial charge in [0, 0.05) is 16.0 Å². The van der Waals surface area contributed by atoms with Gasteiger partial charge in [-0.05, 0) is 54.8 Å². The summed E-state index contributed by atoms with van der Waals surface area (Å²) < 4.78 is 5.22. The smallest absolute Gasteiger partial charge is 0.257 e. The van der Waals surface area contributed by atoms with Gasteiger partial charge in [-0.2, -0.15) is 0 Å². The first-order chi connectivity index (χ1) is 14.6. The van der Waals surface area contributed by atoms with Crippen LogP contribution in [0.15, 0.2) is 78.9 Å². The van der Waals surface area contributed by atoms with E-state index >= 15 is 0 Å². The van der Waals surface area contributed by atoms with Crippen molar-refractivity contribution in [1.82, 2.24) is 4.98 Å². The van der Waals surface area contributed by atoms with Gasteiger partial charge in [0.1, 0.15) is 5.75 Å². The summed E-state index contributed by atoms with van der Waals surface area (Å²) >= 11 is 1.48. The van der Waals surface area contributed by atoms with E-state index in [0.29, 0.717) is 17.1 Å². The maximum Gasteiger partial charge on any atom is 0.257 e. The van der Waals surface area contributed by atoms with Gasteiger partial charge in [-0.15, -0.1) is 11.3 Å². The second kappa shape index (κ2) is 8.93. The molecule has 0 radical (unpaired) electrons. The second-order valence-electron chi connectivity index (χ2n) is 6.93. The van der Waals surface area contributed by atoms with Crippen molar-refractivity contribution in [3.63, 3.8) is 0 Å². The van der Waals surface area contributed by atoms with Gasteiger partial charge >= 0.3 is 0 Å². The maximum absolute atomic E-state index is 13.0. The summed E-state index contributed by atoms with van der Waals surface area (Å²) in [6.07, 6.45) is 0.707. The first-order valence-corrected chi connectivity index (χ1v) is 10.5. The first-order valence-electron chi connectivity index (χ1n) is 9.69. The van der Waals surface area contributed by atoms with Crippen LogP contribution in [0, 0.1) is 6.92 Å². The van der Waals surface area contributed by atoms with Crippen LogP contribution in [0.4, 0.5) is 5.13 Å². The van der Waals surface area contributed by atoms with Crippen molar-refractivity contribution in [2.24, 2.45) is 0 Å². The summed E-state index contributed by atoms with van der Waals surface area (Å²) in [6, 6.07) is 25.6. The number of amides is 1. The second-order valence-corrected chi connectivity index (χ2v) is 8.13. The van der Waals surface area contributed by atoms with Crippen LogP contribution in [0.1, 0.15) is 26.4 Å². The molecule has 3 aromatic carbocycles. The van der Waals surface area contributed by atoms with E-state index in [9.17, 15) is 4.79 Å². The van der Waals surface area contributed by atoms with Gasteiger partial charge in [0.15, 0.2) is 5.13 Å². The summed E-state index contributed by atoms with van der Waals surface area (Å²) in [5, 5.41) is 3.58. The molecule has 0 aliphatic heterocycles. The fraction of sp³-hybridized carbons (Fsp3) is 0.120. The molecule has 4 aromatic rings. The molecule has 1 aromatic heterocycles. The van der Waals surface area contributed by atoms with Crippen LogP contribution < -0.4 is 10.1 Å². The summed E-state index contributed by atoms with van der Waals surface area (Å²) in [4.78, 5) is 18.7. The number of carbonyl (C=O) groups excluding carboxylic acids is 1. The largest absolute Gasteiger partial charge is 0.497 e. The molecule has 0 atom stereocenters. The molecule has 0 fully saturated rings. The van der Waals surface area contributed by atoms with Gasteiger partial charge in [-0.25, -0.2) is 4.98 Å². The Balaban J connectivity index is 1.55. The third-order valence-corrected chi connectivity index (χ3v) is 5.77. The van der Waals surface area contributed by atoms with E-state index in [4.69, 9.17) is 4.74 Å². The van der Waals surface area contributed by atoms with Crippen LogP contribution >= 0.6 is 11.3 Å². The van der Waals surface area contributed by atoms with Gasteiger partial charge in [-0.1, -0.05) is 48.5 Å². The molecule has 0 aliphatic rings. The number of nitrogens with one attached hydrogen (secondary N) is 1. The van der Waals surface area contributed by atoms with Gasteiger partial charge in [0.25, 0.3) is 5.91 Å². The number of carbonyl (C=O) groups is 1. The van der Waals surface area contributed by atoms with Crippen molar-refractivity contribution in [3.8, 4) is 17.0 Å². The van der Waals surface area contributed by atoms with Gasteiger partial charge in [0.05, 0.1) is 12.8 Å². The highest BCUT2D eigenvalue weighted by atomic mass is 32.1. The Morgan fingerprint density at radius 1 is 0.967 bits per heavy atom. The Kier molecular flexibility index (Phi) is 5.91. The zero-order valence-corrected chi connectivity index (χ0v) is 17.7. The normalized spacial score (nSPS) is 10.6. The lowest BCUT2D eigenvalue weighted by molar-refractivity contribution is 0.102. The number of ether oxygens (including phenoxy) is 1. The standard InChI is InChI=1S/C25H22N2O2S/c1-17-23(19-12-14-21(29-2)15-13-19)26-25(30-17)27-24(28)22-11-7-6-10-20(22)16-18-8-4-3-5-9-18/h3-15H,16H2,1-2H3,(H,26,27,28). The zero-order valence-electron chi connectivity index (χ0n) is 16.9. The van der Waals surface area contributed by atoms with Crippen LogP contribution in [0.3, 0.4) is 0 Å². The molecule has 0 unspecified atom stereocenters. The van der Waals surface area contributed by atoms with Gasteiger partial charge < -0.3 is 4.74 Å². The van der Waals surface area contributed by atoms with Crippen molar-refractivity contribution < 1.29 is 9.53 Å². The molecule has 1 N–H and O–H groups in total. The Hall–Kier alpha value is -3.44. The Bertz CT molecular complexity index is 1150. The number of aromatic nitrogens is 1. The molecule has 0 bridgehead atoms. The van der Waals surface area contributed by atoms with Crippen molar-refractivity contribution in [1.29, 1.82) is 0 Å². The minimum absolute atomic E-state index is 0.142. The predicted molar refractivity (Wildman–Crippen MR) is 122 cm³/mol. The van der Waals surface area contributed by atoms with E-state index < -0.39 is 0 Å². The van der Waals surface area contributed by atoms with Crippen molar-refractivity contribution >= 4 is 22.4 Å². The Labute approximate surface area is 180 Å². The molecule has 1 amide bonds. The lowest BCUT2D eigenvalue weighted by Gasteiger charge is -2.09. The molecule has 4 nitrogen and oxygen atoms in total. The van der Waals surface area contributed by atoms with Crippen LogP contribution in [0.5, 0.6) is 5.75 Å². The number of thiazole rings is 1. The lowest BCUT2D eigenvalue weighted by atomic mass is 9.99. The summed E-state index contributed by atoms with van der Waals surface area (Å²) in [7, 11) is 1.65. The van der Waals surface area contributed by atoms with Crippen molar-refractivity contribution in [3.05, 3.63) is 100 Å². The molecular formula is C25H22N2O2S. The van der Waals surface area contributed by atoms with E-state index in [0.717, 1.165) is 27.4 Å². The van der Waals surface area contributed by atoms with Crippen molar-refractivity contribution in [2.45, 2.75) is 13.3 Å². The van der Waals surface area contributed by atoms with Gasteiger partial charge in [-0.3, -0.25) is 10.1 Å². The SMILES string of the molecule is COc1ccc(-c2nc(NC(=O)c3ccccc3Cc3ccccc3)sc2C)cc1. The van der Waals surface area contributed by atoms with E-state index in [2.05, 4.69) is 22.4 Å². The summed E-state index contributed by atoms with van der Waals surface area (Å²) in [6.45, 7) is 2.01. The summed E-state index contributed by atoms with van der Waals surface area (Å²) in [5.74, 6) is 0.659. The quantitative estimate of drug-likeness (QED) is 0.423. The number of hydrogen-bond acceptors (Lipinski definition) is 4. The minimum atomic E-state index is -0.142. The number of nitrogens with zero attached hydrogens (tertiary/aromatic N) is 1. The number of hydrogen-bond donors (Lipinski definition) is 1. The highest BCUT2D eigenvalue weighted by molar-refractivity contribution is 7.16. The molecule has 150 valence electrons. The molecular weight excluding hydrogens is 392 g/mol. The number of methoxy groups -OCH3 is 1. The molecule has 0 saturated heterocycles. The van der Waals surface area contributed by atoms with Crippen molar-refractivity contribution in [2.75, 3.05) is 12.4 Å². The number of benzene rings is 3. The number of anilines is 1. The predicted octanol–water partition coefficient (Wildman–Crippen LogP) is 5.97. The molecule has 5 heteroatoms. The first kappa shape index (κ1) is 19.9. The molecule has 0 aliphatic carbocycles. The van der Waals surface area contributed by atoms with Crippen LogP contribution in [-0.2, 0) is 6.42 Å². The average Bonchev–Trinajstić information content (AvgIpc) is 3.14. The zero-order chi connectivity index (χ0) is 20.9. The minimum Gasteiger partial charge on any atom is -0.497 e. The topological polar surface area (TPSA) is 51.2 Å². The molecule has 30 heavy (non-hydrogen) atoms. The van der Waals surface area contributed by atoms with E-state index in [1.807, 2.05) is 73.7 Å². The van der Waals surface area contributed by atoms with Gasteiger partial charge in [0.2, 0.25) is 0 Å². The van der Waals surface area contributed by atoms with E-state index in [-0.39, 0.29) is 5.91 Å². The Morgan fingerprint density at radius 3 is 2.40 bits per heavy atom. The van der Waals surface area contributed by atoms with E-state index in [1.165, 1.54) is 16.9 Å². The fourth-order valence-electron chi connectivity index (χ4n) is 3.34. The van der Waals surface area contributed by atoms with E-state index in [1.54, 1.807) is 7.11 Å². The Morgan fingerprint density at radius 2 is 1.67 bits per heavy atom. The highest BCUT2D eigenvalue weighted by Gasteiger charge is 2.16. The highest BCUT2D eigenvalue weighted by Crippen LogP contribution is 2.31. The molecule has 0 saturated carbocycles. The third-order valence-electron chi connectivity index (χ3n) is 4.88. The molecule has 4 rings (SSSR count). The fourth-order valence-corrected chi connectivity index (χ4v) is 4.17. The van der Waals surface area contributed by atoms with Crippen LogP contribution in [0.2, 0.25) is 0 Å². The number of aryl methyl sites for hydroxylation is 1. The third kappa shape index (κ3) is 4.42. The van der Waals surface area contributed by atoms with Crippen LogP contribution in [-0.4, -0.2) is 18.0 Å². The summed E-state index contributed by atoms with van der Waals surface area (Å²) in [5.41, 5.74) is 4.69. The van der Waals surface area contributed by atoms with Crippen LogP contribution in [0.25, 0.3) is 11.3 Å². The lowest BCUT2D eigenvalue weighted by Crippen LogP contribution is -2.14. The number of rotatable bonds is 6. The maximum atomic E-state index is 13.0. The molecule has 1 heterocycles. The molecule has 0 spiro atoms. The average molecular weight is 415 g/mol.